The molecule has 7 heteroatoms. The van der Waals surface area contributed by atoms with Crippen LogP contribution in [0.4, 0.5) is 0 Å². The molecule has 0 spiro atoms. The molecule has 2 N–H and O–H groups in total. The van der Waals surface area contributed by atoms with Crippen LogP contribution in [0.15, 0.2) is 12.1 Å². The highest BCUT2D eigenvalue weighted by Gasteiger charge is 2.40. The lowest BCUT2D eigenvalue weighted by Gasteiger charge is -2.47. The molecule has 1 amide bonds. The van der Waals surface area contributed by atoms with Crippen LogP contribution in [0, 0.1) is 17.8 Å². The Hall–Kier alpha value is -2.28. The van der Waals surface area contributed by atoms with Gasteiger partial charge >= 0.3 is 5.97 Å². The minimum atomic E-state index is -0.657. The third-order valence-electron chi connectivity index (χ3n) is 6.33. The van der Waals surface area contributed by atoms with Gasteiger partial charge in [-0.15, -0.1) is 0 Å². The first-order chi connectivity index (χ1) is 14.3. The lowest BCUT2D eigenvalue weighted by Crippen LogP contribution is -2.47. The molecule has 0 radical (unpaired) electrons. The number of fused-ring (bicyclic) bond motifs is 3. The van der Waals surface area contributed by atoms with E-state index in [1.54, 1.807) is 14.2 Å². The first-order valence-corrected chi connectivity index (χ1v) is 10.7. The molecular weight excluding hydrogens is 384 g/mol. The standard InChI is InChI=1S/C23H34N2O5/c1-14(2)7-16-12-25-6-5-15-9-20(28-3)21(29-4)10-18(15)19(25)8-17(16)13-30-23(27)11-22(24)26/h9-10,14,16-17,19H,5-8,11-13H2,1-4H3,(H2,24,26)/t16-,17+,19-/m1/s1. The van der Waals surface area contributed by atoms with Gasteiger partial charge in [0.2, 0.25) is 5.91 Å². The number of amides is 1. The van der Waals surface area contributed by atoms with Crippen molar-refractivity contribution in [3.05, 3.63) is 23.3 Å². The lowest BCUT2D eigenvalue weighted by atomic mass is 9.74. The Kier molecular flexibility index (Phi) is 7.23. The van der Waals surface area contributed by atoms with Crippen LogP contribution in [0.5, 0.6) is 11.5 Å². The molecular formula is C23H34N2O5. The van der Waals surface area contributed by atoms with Crippen molar-refractivity contribution in [2.24, 2.45) is 23.5 Å². The second-order valence-electron chi connectivity index (χ2n) is 8.88. The van der Waals surface area contributed by atoms with Crippen LogP contribution in [0.3, 0.4) is 0 Å². The smallest absolute Gasteiger partial charge is 0.315 e. The Morgan fingerprint density at radius 2 is 1.87 bits per heavy atom. The van der Waals surface area contributed by atoms with Gasteiger partial charge in [0.25, 0.3) is 0 Å². The Bertz CT molecular complexity index is 779. The van der Waals surface area contributed by atoms with Crippen molar-refractivity contribution in [1.29, 1.82) is 0 Å². The molecule has 2 aliphatic rings. The molecule has 1 aromatic carbocycles. The zero-order valence-electron chi connectivity index (χ0n) is 18.5. The van der Waals surface area contributed by atoms with Crippen molar-refractivity contribution < 1.29 is 23.8 Å². The summed E-state index contributed by atoms with van der Waals surface area (Å²) < 4.78 is 16.5. The number of hydrogen-bond donors (Lipinski definition) is 1. The van der Waals surface area contributed by atoms with Crippen molar-refractivity contribution >= 4 is 11.9 Å². The van der Waals surface area contributed by atoms with Crippen LogP contribution >= 0.6 is 0 Å². The van der Waals surface area contributed by atoms with Gasteiger partial charge in [-0.1, -0.05) is 13.8 Å². The normalized spacial score (nSPS) is 23.4. The Balaban J connectivity index is 1.82. The van der Waals surface area contributed by atoms with E-state index in [4.69, 9.17) is 19.9 Å². The van der Waals surface area contributed by atoms with Gasteiger partial charge < -0.3 is 19.9 Å². The van der Waals surface area contributed by atoms with Gasteiger partial charge in [0, 0.05) is 19.1 Å². The monoisotopic (exact) mass is 418 g/mol. The quantitative estimate of drug-likeness (QED) is 0.516. The number of benzene rings is 1. The lowest BCUT2D eigenvalue weighted by molar-refractivity contribution is -0.148. The van der Waals surface area contributed by atoms with Crippen LogP contribution in [-0.2, 0) is 20.7 Å². The largest absolute Gasteiger partial charge is 0.493 e. The van der Waals surface area contributed by atoms with Gasteiger partial charge in [-0.2, -0.15) is 0 Å². The number of carbonyl (C=O) groups is 2. The van der Waals surface area contributed by atoms with Crippen molar-refractivity contribution in [1.82, 2.24) is 4.90 Å². The highest BCUT2D eigenvalue weighted by atomic mass is 16.5. The summed E-state index contributed by atoms with van der Waals surface area (Å²) in [5, 5.41) is 0. The van der Waals surface area contributed by atoms with Crippen molar-refractivity contribution in [2.75, 3.05) is 33.9 Å². The average molecular weight is 419 g/mol. The SMILES string of the molecule is COc1cc2c(cc1OC)[C@H]1C[C@@H](COC(=O)CC(N)=O)[C@H](CC(C)C)CN1CC2. The van der Waals surface area contributed by atoms with Crippen molar-refractivity contribution in [2.45, 2.75) is 45.6 Å². The molecule has 30 heavy (non-hydrogen) atoms. The molecule has 1 fully saturated rings. The summed E-state index contributed by atoms with van der Waals surface area (Å²) in [6.07, 6.45) is 2.61. The predicted octanol–water partition coefficient (Wildman–Crippen LogP) is 2.70. The minimum absolute atomic E-state index is 0.240. The molecule has 1 saturated heterocycles. The summed E-state index contributed by atoms with van der Waals surface area (Å²) in [5.41, 5.74) is 7.68. The summed E-state index contributed by atoms with van der Waals surface area (Å²) in [6, 6.07) is 4.45. The Labute approximate surface area is 178 Å². The predicted molar refractivity (Wildman–Crippen MR) is 113 cm³/mol. The van der Waals surface area contributed by atoms with Crippen LogP contribution in [0.25, 0.3) is 0 Å². The molecule has 0 bridgehead atoms. The summed E-state index contributed by atoms with van der Waals surface area (Å²) in [7, 11) is 3.32. The van der Waals surface area contributed by atoms with E-state index >= 15 is 0 Å². The number of nitrogens with zero attached hydrogens (tertiary/aromatic N) is 1. The van der Waals surface area contributed by atoms with Crippen LogP contribution < -0.4 is 15.2 Å². The van der Waals surface area contributed by atoms with E-state index in [9.17, 15) is 9.59 Å². The van der Waals surface area contributed by atoms with Gasteiger partial charge in [-0.3, -0.25) is 14.5 Å². The number of carbonyl (C=O) groups excluding carboxylic acids is 2. The molecule has 7 nitrogen and oxygen atoms in total. The van der Waals surface area contributed by atoms with E-state index in [0.717, 1.165) is 43.9 Å². The van der Waals surface area contributed by atoms with Crippen LogP contribution in [0.1, 0.15) is 50.3 Å². The fourth-order valence-corrected chi connectivity index (χ4v) is 4.97. The van der Waals surface area contributed by atoms with Gasteiger partial charge in [0.05, 0.1) is 20.8 Å². The van der Waals surface area contributed by atoms with E-state index in [1.807, 2.05) is 0 Å². The highest BCUT2D eigenvalue weighted by Crippen LogP contribution is 2.45. The minimum Gasteiger partial charge on any atom is -0.493 e. The molecule has 0 aromatic heterocycles. The Morgan fingerprint density at radius 3 is 2.50 bits per heavy atom. The Morgan fingerprint density at radius 1 is 1.17 bits per heavy atom. The zero-order valence-corrected chi connectivity index (χ0v) is 18.5. The first-order valence-electron chi connectivity index (χ1n) is 10.7. The van der Waals surface area contributed by atoms with Crippen LogP contribution in [-0.4, -0.2) is 50.7 Å². The molecule has 2 heterocycles. The van der Waals surface area contributed by atoms with Gasteiger partial charge in [-0.25, -0.2) is 0 Å². The maximum absolute atomic E-state index is 11.9. The van der Waals surface area contributed by atoms with Crippen LogP contribution in [0.2, 0.25) is 0 Å². The summed E-state index contributed by atoms with van der Waals surface area (Å²) >= 11 is 0. The molecule has 0 unspecified atom stereocenters. The topological polar surface area (TPSA) is 91.1 Å². The molecule has 3 rings (SSSR count). The summed E-state index contributed by atoms with van der Waals surface area (Å²) in [5.74, 6) is 1.56. The second kappa shape index (κ2) is 9.69. The zero-order chi connectivity index (χ0) is 21.8. The van der Waals surface area contributed by atoms with E-state index in [0.29, 0.717) is 18.4 Å². The van der Waals surface area contributed by atoms with E-state index < -0.39 is 11.9 Å². The second-order valence-corrected chi connectivity index (χ2v) is 8.88. The fourth-order valence-electron chi connectivity index (χ4n) is 4.97. The first kappa shape index (κ1) is 22.4. The highest BCUT2D eigenvalue weighted by molar-refractivity contribution is 5.93. The van der Waals surface area contributed by atoms with Crippen molar-refractivity contribution in [3.8, 4) is 11.5 Å². The van der Waals surface area contributed by atoms with E-state index in [2.05, 4.69) is 30.9 Å². The van der Waals surface area contributed by atoms with Gasteiger partial charge in [0.1, 0.15) is 6.42 Å². The molecule has 3 atom stereocenters. The number of ether oxygens (including phenoxy) is 3. The van der Waals surface area contributed by atoms with Gasteiger partial charge in [0.15, 0.2) is 11.5 Å². The summed E-state index contributed by atoms with van der Waals surface area (Å²) in [6.45, 7) is 6.77. The number of rotatable bonds is 8. The molecule has 0 saturated carbocycles. The number of piperidine rings is 1. The fraction of sp³-hybridized carbons (Fsp3) is 0.652. The van der Waals surface area contributed by atoms with E-state index in [1.165, 1.54) is 11.1 Å². The number of methoxy groups -OCH3 is 2. The third kappa shape index (κ3) is 5.06. The van der Waals surface area contributed by atoms with E-state index in [-0.39, 0.29) is 18.4 Å². The average Bonchev–Trinajstić information content (AvgIpc) is 2.70. The molecule has 1 aromatic rings. The number of esters is 1. The number of primary amides is 1. The summed E-state index contributed by atoms with van der Waals surface area (Å²) in [4.78, 5) is 25.5. The molecule has 166 valence electrons. The van der Waals surface area contributed by atoms with Crippen molar-refractivity contribution in [3.63, 3.8) is 0 Å². The molecule has 0 aliphatic carbocycles. The molecule has 2 aliphatic heterocycles. The maximum atomic E-state index is 11.9. The van der Waals surface area contributed by atoms with Gasteiger partial charge in [-0.05, 0) is 60.3 Å². The maximum Gasteiger partial charge on any atom is 0.315 e. The third-order valence-corrected chi connectivity index (χ3v) is 6.33. The number of hydrogen-bond acceptors (Lipinski definition) is 6. The number of nitrogens with two attached hydrogens (primary N) is 1.